The maximum absolute atomic E-state index is 6.65. The highest BCUT2D eigenvalue weighted by Gasteiger charge is 2.38. The van der Waals surface area contributed by atoms with Gasteiger partial charge in [0.05, 0.1) is 5.38 Å². The van der Waals surface area contributed by atoms with Crippen molar-refractivity contribution in [2.24, 2.45) is 5.41 Å². The minimum Gasteiger partial charge on any atom is -0.143 e. The highest BCUT2D eigenvalue weighted by atomic mass is 79.9. The van der Waals surface area contributed by atoms with Crippen LogP contribution in [0.5, 0.6) is 0 Å². The molecule has 0 amide bonds. The van der Waals surface area contributed by atoms with Gasteiger partial charge in [0.25, 0.3) is 0 Å². The molecule has 0 saturated heterocycles. The summed E-state index contributed by atoms with van der Waals surface area (Å²) in [6, 6.07) is 2.17. The zero-order valence-corrected chi connectivity index (χ0v) is 12.3. The van der Waals surface area contributed by atoms with Crippen LogP contribution in [0.4, 0.5) is 0 Å². The van der Waals surface area contributed by atoms with Gasteiger partial charge in [0.15, 0.2) is 0 Å². The number of aryl methyl sites for hydroxylation is 1. The Morgan fingerprint density at radius 2 is 2.07 bits per heavy atom. The van der Waals surface area contributed by atoms with Crippen LogP contribution in [-0.2, 0) is 0 Å². The summed E-state index contributed by atoms with van der Waals surface area (Å²) in [7, 11) is 0. The van der Waals surface area contributed by atoms with Crippen molar-refractivity contribution in [1.82, 2.24) is 0 Å². The molecular weight excluding hydrogens is 292 g/mol. The van der Waals surface area contributed by atoms with Crippen LogP contribution in [0.25, 0.3) is 0 Å². The molecular formula is C12H16BrClS. The van der Waals surface area contributed by atoms with Gasteiger partial charge in [0.1, 0.15) is 0 Å². The van der Waals surface area contributed by atoms with Crippen molar-refractivity contribution >= 4 is 38.9 Å². The van der Waals surface area contributed by atoms with Gasteiger partial charge in [-0.15, -0.1) is 22.9 Å². The smallest absolute Gasteiger partial charge is 0.0743 e. The summed E-state index contributed by atoms with van der Waals surface area (Å²) in [6.45, 7) is 4.47. The van der Waals surface area contributed by atoms with Gasteiger partial charge in [0.2, 0.25) is 0 Å². The standard InChI is InChI=1S/C12H16BrClS/c1-8-7-9(13)10(15-8)11(14)12(2)5-3-4-6-12/h7,11H,3-6H2,1-2H3. The van der Waals surface area contributed by atoms with Crippen LogP contribution in [0, 0.1) is 12.3 Å². The molecule has 84 valence electrons. The Bertz CT molecular complexity index is 353. The normalized spacial score (nSPS) is 21.9. The number of halogens is 2. The van der Waals surface area contributed by atoms with E-state index in [4.69, 9.17) is 11.6 Å². The van der Waals surface area contributed by atoms with Crippen molar-refractivity contribution in [3.63, 3.8) is 0 Å². The molecule has 1 heterocycles. The van der Waals surface area contributed by atoms with Crippen molar-refractivity contribution < 1.29 is 0 Å². The molecule has 1 fully saturated rings. The predicted octanol–water partition coefficient (Wildman–Crippen LogP) is 5.68. The van der Waals surface area contributed by atoms with Gasteiger partial charge in [-0.25, -0.2) is 0 Å². The summed E-state index contributed by atoms with van der Waals surface area (Å²) in [4.78, 5) is 2.66. The van der Waals surface area contributed by atoms with Crippen molar-refractivity contribution in [3.05, 3.63) is 20.3 Å². The van der Waals surface area contributed by atoms with Gasteiger partial charge in [0, 0.05) is 14.2 Å². The first-order valence-corrected chi connectivity index (χ1v) is 7.47. The van der Waals surface area contributed by atoms with E-state index in [0.29, 0.717) is 5.41 Å². The first kappa shape index (κ1) is 11.9. The van der Waals surface area contributed by atoms with Crippen molar-refractivity contribution in [2.45, 2.75) is 44.9 Å². The van der Waals surface area contributed by atoms with Gasteiger partial charge in [-0.2, -0.15) is 0 Å². The molecule has 1 unspecified atom stereocenters. The number of hydrogen-bond acceptors (Lipinski definition) is 1. The summed E-state index contributed by atoms with van der Waals surface area (Å²) < 4.78 is 1.19. The molecule has 1 aromatic heterocycles. The third-order valence-corrected chi connectivity index (χ3v) is 6.33. The third kappa shape index (κ3) is 2.27. The summed E-state index contributed by atoms with van der Waals surface area (Å²) in [6.07, 6.45) is 5.21. The molecule has 1 atom stereocenters. The minimum absolute atomic E-state index is 0.174. The number of rotatable bonds is 2. The van der Waals surface area contributed by atoms with E-state index in [0.717, 1.165) is 0 Å². The van der Waals surface area contributed by atoms with E-state index in [-0.39, 0.29) is 5.38 Å². The van der Waals surface area contributed by atoms with Crippen LogP contribution >= 0.6 is 38.9 Å². The van der Waals surface area contributed by atoms with E-state index in [1.165, 1.54) is 39.9 Å². The molecule has 1 aromatic rings. The Labute approximate surface area is 109 Å². The van der Waals surface area contributed by atoms with E-state index in [1.807, 2.05) is 11.3 Å². The summed E-state index contributed by atoms with van der Waals surface area (Å²) >= 11 is 12.1. The average Bonchev–Trinajstić information content (AvgIpc) is 2.73. The van der Waals surface area contributed by atoms with E-state index in [1.54, 1.807) is 0 Å². The molecule has 1 aliphatic rings. The molecule has 0 radical (unpaired) electrons. The number of alkyl halides is 1. The van der Waals surface area contributed by atoms with E-state index in [2.05, 4.69) is 35.8 Å². The lowest BCUT2D eigenvalue weighted by atomic mass is 9.84. The molecule has 0 nitrogen and oxygen atoms in total. The monoisotopic (exact) mass is 306 g/mol. The lowest BCUT2D eigenvalue weighted by Gasteiger charge is -2.29. The third-order valence-electron chi connectivity index (χ3n) is 3.42. The van der Waals surface area contributed by atoms with Gasteiger partial charge in [-0.1, -0.05) is 19.8 Å². The second-order valence-corrected chi connectivity index (χ2v) is 7.37. The summed E-state index contributed by atoms with van der Waals surface area (Å²) in [5, 5.41) is 0.174. The van der Waals surface area contributed by atoms with Crippen LogP contribution in [0.1, 0.15) is 47.7 Å². The Balaban J connectivity index is 2.27. The maximum Gasteiger partial charge on any atom is 0.0743 e. The van der Waals surface area contributed by atoms with E-state index in [9.17, 15) is 0 Å². The largest absolute Gasteiger partial charge is 0.143 e. The van der Waals surface area contributed by atoms with Crippen LogP contribution in [-0.4, -0.2) is 0 Å². The average molecular weight is 308 g/mol. The van der Waals surface area contributed by atoms with Gasteiger partial charge < -0.3 is 0 Å². The topological polar surface area (TPSA) is 0 Å². The number of hydrogen-bond donors (Lipinski definition) is 0. The second-order valence-electron chi connectivity index (χ2n) is 4.79. The summed E-state index contributed by atoms with van der Waals surface area (Å²) in [5.41, 5.74) is 0.307. The fourth-order valence-electron chi connectivity index (χ4n) is 2.43. The maximum atomic E-state index is 6.65. The van der Waals surface area contributed by atoms with E-state index < -0.39 is 0 Å². The second kappa shape index (κ2) is 4.38. The summed E-state index contributed by atoms with van der Waals surface area (Å²) in [5.74, 6) is 0. The van der Waals surface area contributed by atoms with E-state index >= 15 is 0 Å². The Hall–Kier alpha value is 0.470. The first-order chi connectivity index (χ1) is 7.03. The molecule has 0 spiro atoms. The molecule has 0 aromatic carbocycles. The highest BCUT2D eigenvalue weighted by Crippen LogP contribution is 2.53. The molecule has 15 heavy (non-hydrogen) atoms. The zero-order chi connectivity index (χ0) is 11.1. The van der Waals surface area contributed by atoms with Crippen LogP contribution < -0.4 is 0 Å². The highest BCUT2D eigenvalue weighted by molar-refractivity contribution is 9.10. The van der Waals surface area contributed by atoms with Gasteiger partial charge in [-0.05, 0) is 47.2 Å². The van der Waals surface area contributed by atoms with Crippen LogP contribution in [0.15, 0.2) is 10.5 Å². The minimum atomic E-state index is 0.174. The predicted molar refractivity (Wildman–Crippen MR) is 71.9 cm³/mol. The molecule has 2 rings (SSSR count). The van der Waals surface area contributed by atoms with Crippen molar-refractivity contribution in [2.75, 3.05) is 0 Å². The fourth-order valence-corrected chi connectivity index (χ4v) is 5.06. The Morgan fingerprint density at radius 1 is 1.47 bits per heavy atom. The Morgan fingerprint density at radius 3 is 2.53 bits per heavy atom. The number of thiophene rings is 1. The fraction of sp³-hybridized carbons (Fsp3) is 0.667. The lowest BCUT2D eigenvalue weighted by molar-refractivity contribution is 0.324. The molecule has 1 saturated carbocycles. The molecule has 0 N–H and O–H groups in total. The van der Waals surface area contributed by atoms with Gasteiger partial charge in [-0.3, -0.25) is 0 Å². The lowest BCUT2D eigenvalue weighted by Crippen LogP contribution is -2.17. The van der Waals surface area contributed by atoms with Crippen LogP contribution in [0.2, 0.25) is 0 Å². The van der Waals surface area contributed by atoms with Crippen LogP contribution in [0.3, 0.4) is 0 Å². The van der Waals surface area contributed by atoms with Crippen molar-refractivity contribution in [3.8, 4) is 0 Å². The zero-order valence-electron chi connectivity index (χ0n) is 9.15. The molecule has 0 aliphatic heterocycles. The van der Waals surface area contributed by atoms with Gasteiger partial charge >= 0.3 is 0 Å². The van der Waals surface area contributed by atoms with Crippen molar-refractivity contribution in [1.29, 1.82) is 0 Å². The quantitative estimate of drug-likeness (QED) is 0.617. The molecule has 0 bridgehead atoms. The molecule has 3 heteroatoms. The first-order valence-electron chi connectivity index (χ1n) is 5.43. The molecule has 1 aliphatic carbocycles. The Kier molecular flexibility index (Phi) is 3.49. The SMILES string of the molecule is Cc1cc(Br)c(C(Cl)C2(C)CCCC2)s1.